The molecule has 0 radical (unpaired) electrons. The van der Waals surface area contributed by atoms with Gasteiger partial charge in [-0.15, -0.1) is 11.8 Å². The van der Waals surface area contributed by atoms with Gasteiger partial charge in [-0.25, -0.2) is 0 Å². The minimum absolute atomic E-state index is 0.223. The Morgan fingerprint density at radius 3 is 2.78 bits per heavy atom. The van der Waals surface area contributed by atoms with Crippen LogP contribution in [0.25, 0.3) is 5.69 Å². The average molecular weight is 259 g/mol. The van der Waals surface area contributed by atoms with E-state index in [1.807, 2.05) is 11.8 Å². The summed E-state index contributed by atoms with van der Waals surface area (Å²) in [6.45, 7) is 3.04. The van der Waals surface area contributed by atoms with Gasteiger partial charge in [0.25, 0.3) is 0 Å². The first-order valence-electron chi connectivity index (χ1n) is 6.37. The number of benzene rings is 1. The summed E-state index contributed by atoms with van der Waals surface area (Å²) >= 11 is 1.87. The number of nitrogens with zero attached hydrogens (tertiary/aromatic N) is 1. The highest BCUT2D eigenvalue weighted by Gasteiger charge is 2.19. The van der Waals surface area contributed by atoms with Crippen molar-refractivity contribution in [1.29, 1.82) is 0 Å². The molecule has 2 aromatic rings. The zero-order valence-electron chi connectivity index (χ0n) is 10.5. The van der Waals surface area contributed by atoms with Crippen molar-refractivity contribution >= 4 is 11.8 Å². The third-order valence-corrected chi connectivity index (χ3v) is 4.37. The number of ether oxygens (including phenoxy) is 1. The quantitative estimate of drug-likeness (QED) is 0.832. The molecule has 0 aliphatic carbocycles. The molecule has 2 heterocycles. The van der Waals surface area contributed by atoms with E-state index in [9.17, 15) is 0 Å². The van der Waals surface area contributed by atoms with Crippen LogP contribution in [-0.4, -0.2) is 16.9 Å². The molecule has 0 amide bonds. The number of aryl methyl sites for hydroxylation is 1. The van der Waals surface area contributed by atoms with Crippen molar-refractivity contribution in [2.75, 3.05) is 12.4 Å². The highest BCUT2D eigenvalue weighted by molar-refractivity contribution is 7.99. The van der Waals surface area contributed by atoms with E-state index in [1.165, 1.54) is 16.8 Å². The summed E-state index contributed by atoms with van der Waals surface area (Å²) in [4.78, 5) is 0. The largest absolute Gasteiger partial charge is 0.362 e. The van der Waals surface area contributed by atoms with Crippen LogP contribution in [0.5, 0.6) is 0 Å². The highest BCUT2D eigenvalue weighted by Crippen LogP contribution is 2.35. The predicted octanol–water partition coefficient (Wildman–Crippen LogP) is 3.80. The molecule has 3 rings (SSSR count). The summed E-state index contributed by atoms with van der Waals surface area (Å²) in [5.41, 5.74) is 4.07. The Morgan fingerprint density at radius 1 is 1.28 bits per heavy atom. The van der Waals surface area contributed by atoms with E-state index in [0.717, 1.165) is 18.8 Å². The molecule has 0 saturated carbocycles. The molecule has 94 valence electrons. The van der Waals surface area contributed by atoms with Gasteiger partial charge in [0.15, 0.2) is 0 Å². The molecule has 0 unspecified atom stereocenters. The van der Waals surface area contributed by atoms with E-state index < -0.39 is 0 Å². The van der Waals surface area contributed by atoms with Crippen LogP contribution in [0.4, 0.5) is 0 Å². The van der Waals surface area contributed by atoms with E-state index in [0.29, 0.717) is 0 Å². The Labute approximate surface area is 112 Å². The minimum atomic E-state index is 0.223. The number of aromatic nitrogens is 1. The van der Waals surface area contributed by atoms with Crippen LogP contribution in [0, 0.1) is 0 Å². The van der Waals surface area contributed by atoms with Gasteiger partial charge < -0.3 is 9.30 Å². The second-order valence-electron chi connectivity index (χ2n) is 4.45. The first kappa shape index (κ1) is 11.9. The molecular weight excluding hydrogens is 242 g/mol. The number of rotatable bonds is 3. The van der Waals surface area contributed by atoms with E-state index in [4.69, 9.17) is 4.74 Å². The maximum absolute atomic E-state index is 5.67. The number of thioether (sulfide) groups is 1. The van der Waals surface area contributed by atoms with Gasteiger partial charge in [-0.05, 0) is 30.2 Å². The SMILES string of the molecule is CCc1ccc(-n2ccc([C@H]3OCCS3)c2)cc1. The average Bonchev–Trinajstić information content (AvgIpc) is 3.09. The van der Waals surface area contributed by atoms with Crippen molar-refractivity contribution in [2.45, 2.75) is 18.8 Å². The fourth-order valence-corrected chi connectivity index (χ4v) is 3.10. The summed E-state index contributed by atoms with van der Waals surface area (Å²) in [6.07, 6.45) is 5.37. The van der Waals surface area contributed by atoms with Gasteiger partial charge in [-0.1, -0.05) is 19.1 Å². The molecule has 2 nitrogen and oxygen atoms in total. The van der Waals surface area contributed by atoms with Crippen molar-refractivity contribution in [2.24, 2.45) is 0 Å². The molecule has 0 bridgehead atoms. The molecular formula is C15H17NOS. The third kappa shape index (κ3) is 2.33. The molecule has 1 aliphatic rings. The lowest BCUT2D eigenvalue weighted by Gasteiger charge is -2.06. The van der Waals surface area contributed by atoms with Gasteiger partial charge >= 0.3 is 0 Å². The molecule has 1 fully saturated rings. The van der Waals surface area contributed by atoms with E-state index >= 15 is 0 Å². The maximum Gasteiger partial charge on any atom is 0.130 e. The summed E-state index contributed by atoms with van der Waals surface area (Å²) in [5, 5.41) is 0. The zero-order chi connectivity index (χ0) is 12.4. The smallest absolute Gasteiger partial charge is 0.130 e. The number of hydrogen-bond acceptors (Lipinski definition) is 2. The number of hydrogen-bond donors (Lipinski definition) is 0. The van der Waals surface area contributed by atoms with Gasteiger partial charge in [0.05, 0.1) is 6.61 Å². The van der Waals surface area contributed by atoms with Gasteiger partial charge in [0, 0.05) is 29.4 Å². The normalized spacial score (nSPS) is 19.3. The lowest BCUT2D eigenvalue weighted by molar-refractivity contribution is 0.145. The fourth-order valence-electron chi connectivity index (χ4n) is 2.17. The molecule has 1 atom stereocenters. The molecule has 1 aromatic heterocycles. The Bertz CT molecular complexity index is 512. The molecule has 18 heavy (non-hydrogen) atoms. The molecule has 1 aliphatic heterocycles. The Balaban J connectivity index is 1.82. The van der Waals surface area contributed by atoms with Crippen LogP contribution in [0.15, 0.2) is 42.7 Å². The van der Waals surface area contributed by atoms with Crippen LogP contribution in [-0.2, 0) is 11.2 Å². The molecule has 1 saturated heterocycles. The van der Waals surface area contributed by atoms with Crippen LogP contribution < -0.4 is 0 Å². The lowest BCUT2D eigenvalue weighted by Crippen LogP contribution is -1.93. The predicted molar refractivity (Wildman–Crippen MR) is 76.3 cm³/mol. The van der Waals surface area contributed by atoms with Crippen molar-refractivity contribution in [3.05, 3.63) is 53.9 Å². The standard InChI is InChI=1S/C15H17NOS/c1-2-12-3-5-14(6-4-12)16-8-7-13(11-16)15-17-9-10-18-15/h3-8,11,15H,2,9-10H2,1H3/t15-/m0/s1. The van der Waals surface area contributed by atoms with E-state index in [-0.39, 0.29) is 5.44 Å². The first-order chi connectivity index (χ1) is 8.86. The van der Waals surface area contributed by atoms with Crippen molar-refractivity contribution in [1.82, 2.24) is 4.57 Å². The second kappa shape index (κ2) is 5.21. The first-order valence-corrected chi connectivity index (χ1v) is 7.42. The molecule has 0 spiro atoms. The molecule has 0 N–H and O–H groups in total. The van der Waals surface area contributed by atoms with E-state index in [1.54, 1.807) is 0 Å². The van der Waals surface area contributed by atoms with Crippen LogP contribution in [0.2, 0.25) is 0 Å². The Kier molecular flexibility index (Phi) is 3.43. The van der Waals surface area contributed by atoms with Gasteiger partial charge in [0.1, 0.15) is 5.44 Å². The van der Waals surface area contributed by atoms with Gasteiger partial charge in [-0.2, -0.15) is 0 Å². The van der Waals surface area contributed by atoms with Crippen LogP contribution in [0.3, 0.4) is 0 Å². The summed E-state index contributed by atoms with van der Waals surface area (Å²) in [6, 6.07) is 10.9. The monoisotopic (exact) mass is 259 g/mol. The van der Waals surface area contributed by atoms with Gasteiger partial charge in [0.2, 0.25) is 0 Å². The minimum Gasteiger partial charge on any atom is -0.362 e. The van der Waals surface area contributed by atoms with Gasteiger partial charge in [-0.3, -0.25) is 0 Å². The zero-order valence-corrected chi connectivity index (χ0v) is 11.3. The Hall–Kier alpha value is -1.19. The van der Waals surface area contributed by atoms with E-state index in [2.05, 4.69) is 54.2 Å². The third-order valence-electron chi connectivity index (χ3n) is 3.25. The van der Waals surface area contributed by atoms with Crippen molar-refractivity contribution in [3.8, 4) is 5.69 Å². The Morgan fingerprint density at radius 2 is 2.11 bits per heavy atom. The maximum atomic E-state index is 5.67. The second-order valence-corrected chi connectivity index (χ2v) is 5.62. The molecule has 3 heteroatoms. The summed E-state index contributed by atoms with van der Waals surface area (Å²) < 4.78 is 7.84. The lowest BCUT2D eigenvalue weighted by atomic mass is 10.1. The van der Waals surface area contributed by atoms with Crippen LogP contribution in [0.1, 0.15) is 23.5 Å². The highest BCUT2D eigenvalue weighted by atomic mass is 32.2. The molecule has 1 aromatic carbocycles. The topological polar surface area (TPSA) is 14.2 Å². The fraction of sp³-hybridized carbons (Fsp3) is 0.333. The van der Waals surface area contributed by atoms with Crippen molar-refractivity contribution in [3.63, 3.8) is 0 Å². The van der Waals surface area contributed by atoms with Crippen molar-refractivity contribution < 1.29 is 4.74 Å². The van der Waals surface area contributed by atoms with Crippen LogP contribution >= 0.6 is 11.8 Å². The summed E-state index contributed by atoms with van der Waals surface area (Å²) in [7, 11) is 0. The summed E-state index contributed by atoms with van der Waals surface area (Å²) in [5.74, 6) is 1.10.